The van der Waals surface area contributed by atoms with Gasteiger partial charge in [0.25, 0.3) is 6.47 Å². The van der Waals surface area contributed by atoms with E-state index in [0.717, 1.165) is 52.6 Å². The predicted molar refractivity (Wildman–Crippen MR) is 174 cm³/mol. The topological polar surface area (TPSA) is 138 Å². The van der Waals surface area contributed by atoms with Crippen molar-refractivity contribution < 1.29 is 19.1 Å². The Kier molecular flexibility index (Phi) is 10.4. The number of carbonyl (C=O) groups excluding carboxylic acids is 2. The van der Waals surface area contributed by atoms with E-state index in [4.69, 9.17) is 9.72 Å². The highest BCUT2D eigenvalue weighted by Gasteiger charge is 2.25. The van der Waals surface area contributed by atoms with Gasteiger partial charge in [-0.25, -0.2) is 14.8 Å². The van der Waals surface area contributed by atoms with Gasteiger partial charge >= 0.3 is 6.09 Å². The number of nitrogens with zero attached hydrogens (tertiary/aromatic N) is 4. The number of H-pyrrole nitrogens is 2. The molecule has 4 aromatic rings. The lowest BCUT2D eigenvalue weighted by Crippen LogP contribution is -2.34. The van der Waals surface area contributed by atoms with Crippen molar-refractivity contribution in [3.63, 3.8) is 0 Å². The number of ether oxygens (including phenoxy) is 2. The third-order valence-electron chi connectivity index (χ3n) is 7.14. The molecule has 1 amide bonds. The highest BCUT2D eigenvalue weighted by atomic mass is 16.6. The number of amides is 1. The lowest BCUT2D eigenvalue weighted by molar-refractivity contribution is -0.138. The van der Waals surface area contributed by atoms with E-state index in [9.17, 15) is 9.59 Å². The molecular weight excluding hydrogens is 570 g/mol. The Morgan fingerprint density at radius 1 is 0.911 bits per heavy atom. The summed E-state index contributed by atoms with van der Waals surface area (Å²) in [5, 5.41) is 2.81. The van der Waals surface area contributed by atoms with Gasteiger partial charge in [-0.2, -0.15) is 0 Å². The molecule has 0 aliphatic carbocycles. The molecule has 45 heavy (non-hydrogen) atoms. The number of rotatable bonds is 7. The van der Waals surface area contributed by atoms with Crippen LogP contribution in [0.15, 0.2) is 55.0 Å². The zero-order valence-electron chi connectivity index (χ0n) is 27.5. The molecule has 1 aliphatic heterocycles. The molecular formula is C34H45N7O4. The number of aromatic nitrogens is 5. The first kappa shape index (κ1) is 33.4. The van der Waals surface area contributed by atoms with Crippen LogP contribution < -0.4 is 5.32 Å². The third-order valence-corrected chi connectivity index (χ3v) is 7.14. The van der Waals surface area contributed by atoms with Crippen LogP contribution in [0.2, 0.25) is 0 Å². The van der Waals surface area contributed by atoms with Crippen molar-refractivity contribution in [2.45, 2.75) is 84.6 Å². The van der Waals surface area contributed by atoms with Gasteiger partial charge in [0, 0.05) is 17.3 Å². The smallest absolute Gasteiger partial charge is 0.408 e. The van der Waals surface area contributed by atoms with Crippen LogP contribution in [0, 0.1) is 0 Å². The molecule has 240 valence electrons. The Labute approximate surface area is 265 Å². The molecule has 3 aromatic heterocycles. The number of aromatic amines is 2. The van der Waals surface area contributed by atoms with E-state index >= 15 is 0 Å². The van der Waals surface area contributed by atoms with E-state index in [1.54, 1.807) is 6.20 Å². The molecule has 3 N–H and O–H groups in total. The molecule has 1 aromatic carbocycles. The minimum absolute atomic E-state index is 0.314. The fourth-order valence-electron chi connectivity index (χ4n) is 4.85. The summed E-state index contributed by atoms with van der Waals surface area (Å²) in [6, 6.07) is 12.3. The maximum atomic E-state index is 12.1. The molecule has 0 saturated carbocycles. The van der Waals surface area contributed by atoms with Gasteiger partial charge in [-0.15, -0.1) is 0 Å². The number of hydrogen-bond donors (Lipinski definition) is 3. The van der Waals surface area contributed by atoms with Gasteiger partial charge in [0.1, 0.15) is 22.9 Å². The summed E-state index contributed by atoms with van der Waals surface area (Å²) >= 11 is 0. The molecule has 2 atom stereocenters. The van der Waals surface area contributed by atoms with Crippen LogP contribution in [0.5, 0.6) is 0 Å². The van der Waals surface area contributed by atoms with Crippen molar-refractivity contribution in [3.8, 4) is 33.8 Å². The molecule has 0 radical (unpaired) electrons. The van der Waals surface area contributed by atoms with Crippen LogP contribution in [0.1, 0.15) is 85.0 Å². The van der Waals surface area contributed by atoms with Gasteiger partial charge in [0.15, 0.2) is 0 Å². The van der Waals surface area contributed by atoms with Crippen molar-refractivity contribution in [3.05, 3.63) is 66.6 Å². The summed E-state index contributed by atoms with van der Waals surface area (Å²) < 4.78 is 9.88. The Morgan fingerprint density at radius 3 is 2.11 bits per heavy atom. The van der Waals surface area contributed by atoms with Crippen LogP contribution in [-0.4, -0.2) is 67.2 Å². The second-order valence-electron chi connectivity index (χ2n) is 13.2. The van der Waals surface area contributed by atoms with Crippen molar-refractivity contribution in [2.75, 3.05) is 13.6 Å². The number of likely N-dealkylation sites (tertiary alicyclic amines) is 1. The van der Waals surface area contributed by atoms with E-state index in [-0.39, 0.29) is 11.6 Å². The Balaban J connectivity index is 0.000000591. The molecule has 0 unspecified atom stereocenters. The third kappa shape index (κ3) is 9.49. The predicted octanol–water partition coefficient (Wildman–Crippen LogP) is 6.84. The van der Waals surface area contributed by atoms with Crippen molar-refractivity contribution in [1.82, 2.24) is 35.1 Å². The number of nitrogens with one attached hydrogen (secondary N) is 3. The van der Waals surface area contributed by atoms with Gasteiger partial charge in [0.2, 0.25) is 0 Å². The Morgan fingerprint density at radius 2 is 1.56 bits per heavy atom. The van der Waals surface area contributed by atoms with Gasteiger partial charge in [-0.3, -0.25) is 14.7 Å². The Hall–Kier alpha value is -4.51. The van der Waals surface area contributed by atoms with Crippen molar-refractivity contribution >= 4 is 12.6 Å². The number of hydrogen-bond acceptors (Lipinski definition) is 8. The van der Waals surface area contributed by atoms with Gasteiger partial charge < -0.3 is 24.8 Å². The monoisotopic (exact) mass is 615 g/mol. The second-order valence-corrected chi connectivity index (χ2v) is 13.2. The first-order valence-corrected chi connectivity index (χ1v) is 15.2. The fourth-order valence-corrected chi connectivity index (χ4v) is 4.85. The molecule has 1 fully saturated rings. The molecule has 0 bridgehead atoms. The standard InChI is InChI=1S/C29H35N7O2.C5H10O2/c1-18(33-28(37)38-29(2,3)4)26-31-16-23(34-26)20-10-8-19(9-11-20)22-13-12-21(15-30-22)24-17-32-27(35-24)25-7-6-14-36(25)5;1-5(2,3)7-4-6/h8-13,15-18,25H,6-7,14H2,1-5H3,(H,31,34)(H,32,35)(H,33,37);4H,1-3H3/t18-,25-;/m0./s1. The molecule has 11 heteroatoms. The average molecular weight is 616 g/mol. The Bertz CT molecular complexity index is 1550. The quantitative estimate of drug-likeness (QED) is 0.192. The van der Waals surface area contributed by atoms with E-state index < -0.39 is 11.7 Å². The van der Waals surface area contributed by atoms with Gasteiger partial charge in [-0.1, -0.05) is 24.3 Å². The minimum atomic E-state index is -0.552. The van der Waals surface area contributed by atoms with Gasteiger partial charge in [0.05, 0.1) is 41.6 Å². The van der Waals surface area contributed by atoms with Crippen LogP contribution in [0.3, 0.4) is 0 Å². The zero-order valence-corrected chi connectivity index (χ0v) is 27.5. The van der Waals surface area contributed by atoms with Crippen molar-refractivity contribution in [2.24, 2.45) is 0 Å². The summed E-state index contributed by atoms with van der Waals surface area (Å²) in [5.41, 5.74) is 4.93. The molecule has 1 aliphatic rings. The van der Waals surface area contributed by atoms with E-state index in [1.165, 1.54) is 6.42 Å². The lowest BCUT2D eigenvalue weighted by atomic mass is 10.1. The van der Waals surface area contributed by atoms with Crippen LogP contribution in [0.4, 0.5) is 4.79 Å². The first-order valence-electron chi connectivity index (χ1n) is 15.2. The largest absolute Gasteiger partial charge is 0.462 e. The van der Waals surface area contributed by atoms with E-state index in [0.29, 0.717) is 18.3 Å². The number of alkyl carbamates (subject to hydrolysis) is 1. The minimum Gasteiger partial charge on any atom is -0.462 e. The highest BCUT2D eigenvalue weighted by Crippen LogP contribution is 2.30. The summed E-state index contributed by atoms with van der Waals surface area (Å²) in [6.45, 7) is 14.4. The van der Waals surface area contributed by atoms with E-state index in [1.807, 2.05) is 91.2 Å². The van der Waals surface area contributed by atoms with E-state index in [2.05, 4.69) is 48.0 Å². The highest BCUT2D eigenvalue weighted by molar-refractivity contribution is 5.69. The number of pyridine rings is 1. The molecule has 5 rings (SSSR count). The molecule has 1 saturated heterocycles. The first-order chi connectivity index (χ1) is 21.2. The number of benzene rings is 1. The zero-order chi connectivity index (χ0) is 32.8. The van der Waals surface area contributed by atoms with Crippen LogP contribution >= 0.6 is 0 Å². The summed E-state index contributed by atoms with van der Waals surface area (Å²) in [5.74, 6) is 1.69. The van der Waals surface area contributed by atoms with Gasteiger partial charge in [-0.05, 0) is 92.6 Å². The van der Waals surface area contributed by atoms with Crippen LogP contribution in [0.25, 0.3) is 33.8 Å². The number of imidazole rings is 2. The summed E-state index contributed by atoms with van der Waals surface area (Å²) in [6.07, 6.45) is 7.43. The molecule has 11 nitrogen and oxygen atoms in total. The summed E-state index contributed by atoms with van der Waals surface area (Å²) in [7, 11) is 2.15. The maximum Gasteiger partial charge on any atom is 0.408 e. The molecule has 4 heterocycles. The number of carbonyl (C=O) groups is 2. The maximum absolute atomic E-state index is 12.1. The average Bonchev–Trinajstić information content (AvgIpc) is 3.73. The summed E-state index contributed by atoms with van der Waals surface area (Å²) in [4.78, 5) is 44.6. The second kappa shape index (κ2) is 14.1. The SMILES string of the molecule is CC(C)(C)OC=O.C[C@H](NC(=O)OC(C)(C)C)c1ncc(-c2ccc(-c3ccc(-c4cnc([C@@H]5CCCN5C)[nH]4)cn3)cc2)[nH]1. The van der Waals surface area contributed by atoms with Crippen molar-refractivity contribution in [1.29, 1.82) is 0 Å². The lowest BCUT2D eigenvalue weighted by Gasteiger charge is -2.21. The molecule has 0 spiro atoms. The normalized spacial score (nSPS) is 16.0. The fraction of sp³-hybridized carbons (Fsp3) is 0.441. The van der Waals surface area contributed by atoms with Crippen LogP contribution in [-0.2, 0) is 14.3 Å².